The standard InChI is InChI=1S/C18H26N2O3/c1-3-13(4-2)18(22)20-15-8-5-7-14(11-15)17(21)19-12-16-9-6-10-23-16/h5,7-8,11,13,16H,3-4,6,9-10,12H2,1-2H3,(H,19,21)(H,20,22)/t16-/m1/s1. The first-order valence-corrected chi connectivity index (χ1v) is 8.44. The summed E-state index contributed by atoms with van der Waals surface area (Å²) >= 11 is 0. The summed E-state index contributed by atoms with van der Waals surface area (Å²) in [7, 11) is 0. The van der Waals surface area contributed by atoms with Gasteiger partial charge in [-0.15, -0.1) is 0 Å². The molecular weight excluding hydrogens is 292 g/mol. The fourth-order valence-corrected chi connectivity index (χ4v) is 2.76. The maximum atomic E-state index is 12.2. The zero-order valence-electron chi connectivity index (χ0n) is 13.9. The van der Waals surface area contributed by atoms with Crippen molar-refractivity contribution in [2.75, 3.05) is 18.5 Å². The van der Waals surface area contributed by atoms with Crippen molar-refractivity contribution in [3.05, 3.63) is 29.8 Å². The molecule has 1 aliphatic heterocycles. The Morgan fingerprint density at radius 3 is 2.74 bits per heavy atom. The van der Waals surface area contributed by atoms with E-state index in [9.17, 15) is 9.59 Å². The van der Waals surface area contributed by atoms with E-state index in [2.05, 4.69) is 10.6 Å². The molecule has 126 valence electrons. The van der Waals surface area contributed by atoms with Gasteiger partial charge in [0.2, 0.25) is 5.91 Å². The van der Waals surface area contributed by atoms with Gasteiger partial charge in [0.1, 0.15) is 0 Å². The summed E-state index contributed by atoms with van der Waals surface area (Å²) in [6.07, 6.45) is 3.79. The van der Waals surface area contributed by atoms with Gasteiger partial charge in [-0.1, -0.05) is 19.9 Å². The zero-order valence-corrected chi connectivity index (χ0v) is 13.9. The highest BCUT2D eigenvalue weighted by Gasteiger charge is 2.17. The Hall–Kier alpha value is -1.88. The van der Waals surface area contributed by atoms with E-state index in [1.807, 2.05) is 13.8 Å². The highest BCUT2D eigenvalue weighted by atomic mass is 16.5. The van der Waals surface area contributed by atoms with Crippen LogP contribution >= 0.6 is 0 Å². The lowest BCUT2D eigenvalue weighted by Gasteiger charge is -2.14. The van der Waals surface area contributed by atoms with Crippen LogP contribution in [0.25, 0.3) is 0 Å². The lowest BCUT2D eigenvalue weighted by atomic mass is 10.0. The Labute approximate surface area is 137 Å². The highest BCUT2D eigenvalue weighted by molar-refractivity contribution is 5.97. The molecule has 0 aliphatic carbocycles. The second-order valence-corrected chi connectivity index (χ2v) is 5.93. The number of nitrogens with one attached hydrogen (secondary N) is 2. The van der Waals surface area contributed by atoms with Gasteiger partial charge in [-0.05, 0) is 43.9 Å². The van der Waals surface area contributed by atoms with Crippen LogP contribution < -0.4 is 10.6 Å². The van der Waals surface area contributed by atoms with Crippen molar-refractivity contribution in [2.45, 2.75) is 45.6 Å². The fourth-order valence-electron chi connectivity index (χ4n) is 2.76. The van der Waals surface area contributed by atoms with Gasteiger partial charge in [-0.2, -0.15) is 0 Å². The molecule has 0 spiro atoms. The van der Waals surface area contributed by atoms with Crippen LogP contribution in [0.1, 0.15) is 49.9 Å². The van der Waals surface area contributed by atoms with Crippen LogP contribution in [0.4, 0.5) is 5.69 Å². The Morgan fingerprint density at radius 1 is 1.30 bits per heavy atom. The van der Waals surface area contributed by atoms with E-state index in [-0.39, 0.29) is 23.8 Å². The van der Waals surface area contributed by atoms with Crippen LogP contribution in [0.2, 0.25) is 0 Å². The summed E-state index contributed by atoms with van der Waals surface area (Å²) < 4.78 is 5.49. The second-order valence-electron chi connectivity index (χ2n) is 5.93. The predicted molar refractivity (Wildman–Crippen MR) is 90.5 cm³/mol. The molecule has 2 rings (SSSR count). The van der Waals surface area contributed by atoms with Gasteiger partial charge in [-0.25, -0.2) is 0 Å². The van der Waals surface area contributed by atoms with E-state index in [0.717, 1.165) is 32.3 Å². The summed E-state index contributed by atoms with van der Waals surface area (Å²) in [5.41, 5.74) is 1.21. The summed E-state index contributed by atoms with van der Waals surface area (Å²) in [6, 6.07) is 7.05. The molecule has 0 bridgehead atoms. The fraction of sp³-hybridized carbons (Fsp3) is 0.556. The monoisotopic (exact) mass is 318 g/mol. The quantitative estimate of drug-likeness (QED) is 0.812. The normalized spacial score (nSPS) is 17.3. The van der Waals surface area contributed by atoms with E-state index in [1.54, 1.807) is 24.3 Å². The van der Waals surface area contributed by atoms with Gasteiger partial charge < -0.3 is 15.4 Å². The predicted octanol–water partition coefficient (Wildman–Crippen LogP) is 2.97. The molecule has 0 unspecified atom stereocenters. The molecule has 0 aromatic heterocycles. The number of hydrogen-bond acceptors (Lipinski definition) is 3. The van der Waals surface area contributed by atoms with Crippen LogP contribution in [0.15, 0.2) is 24.3 Å². The van der Waals surface area contributed by atoms with Crippen molar-refractivity contribution in [3.63, 3.8) is 0 Å². The molecule has 1 aromatic rings. The van der Waals surface area contributed by atoms with Crippen LogP contribution in [-0.2, 0) is 9.53 Å². The van der Waals surface area contributed by atoms with E-state index < -0.39 is 0 Å². The zero-order chi connectivity index (χ0) is 16.7. The molecule has 1 saturated heterocycles. The van der Waals surface area contributed by atoms with Gasteiger partial charge in [0.25, 0.3) is 5.91 Å². The van der Waals surface area contributed by atoms with E-state index in [4.69, 9.17) is 4.74 Å². The maximum absolute atomic E-state index is 12.2. The minimum absolute atomic E-state index is 0.00640. The molecule has 2 amide bonds. The number of ether oxygens (including phenoxy) is 1. The number of carbonyl (C=O) groups excluding carboxylic acids is 2. The van der Waals surface area contributed by atoms with Crippen molar-refractivity contribution < 1.29 is 14.3 Å². The molecular formula is C18H26N2O3. The van der Waals surface area contributed by atoms with Crippen molar-refractivity contribution in [1.29, 1.82) is 0 Å². The summed E-state index contributed by atoms with van der Waals surface area (Å²) in [5, 5.41) is 5.78. The average molecular weight is 318 g/mol. The molecule has 23 heavy (non-hydrogen) atoms. The Bertz CT molecular complexity index is 535. The Morgan fingerprint density at radius 2 is 2.09 bits per heavy atom. The van der Waals surface area contributed by atoms with Crippen LogP contribution in [0.5, 0.6) is 0 Å². The lowest BCUT2D eigenvalue weighted by molar-refractivity contribution is -0.120. The van der Waals surface area contributed by atoms with Crippen molar-refractivity contribution in [3.8, 4) is 0 Å². The van der Waals surface area contributed by atoms with Crippen LogP contribution in [-0.4, -0.2) is 31.1 Å². The highest BCUT2D eigenvalue weighted by Crippen LogP contribution is 2.15. The summed E-state index contributed by atoms with van der Waals surface area (Å²) in [6.45, 7) is 5.31. The smallest absolute Gasteiger partial charge is 0.251 e. The SMILES string of the molecule is CCC(CC)C(=O)Nc1cccc(C(=O)NC[C@H]2CCCO2)c1. The molecule has 5 heteroatoms. The second kappa shape index (κ2) is 8.67. The van der Waals surface area contributed by atoms with Gasteiger partial charge in [-0.3, -0.25) is 9.59 Å². The van der Waals surface area contributed by atoms with E-state index >= 15 is 0 Å². The number of anilines is 1. The largest absolute Gasteiger partial charge is 0.376 e. The molecule has 1 aromatic carbocycles. The van der Waals surface area contributed by atoms with Crippen molar-refractivity contribution in [2.24, 2.45) is 5.92 Å². The topological polar surface area (TPSA) is 67.4 Å². The van der Waals surface area contributed by atoms with Gasteiger partial charge in [0.15, 0.2) is 0 Å². The third kappa shape index (κ3) is 5.06. The lowest BCUT2D eigenvalue weighted by Crippen LogP contribution is -2.31. The summed E-state index contributed by atoms with van der Waals surface area (Å²) in [5.74, 6) is -0.127. The summed E-state index contributed by atoms with van der Waals surface area (Å²) in [4.78, 5) is 24.3. The number of rotatable bonds is 7. The van der Waals surface area contributed by atoms with Crippen LogP contribution in [0.3, 0.4) is 0 Å². The molecule has 0 radical (unpaired) electrons. The first-order chi connectivity index (χ1) is 11.1. The average Bonchev–Trinajstić information content (AvgIpc) is 3.07. The number of carbonyl (C=O) groups is 2. The van der Waals surface area contributed by atoms with E-state index in [0.29, 0.717) is 17.8 Å². The first kappa shape index (κ1) is 17.5. The van der Waals surface area contributed by atoms with Crippen LogP contribution in [0, 0.1) is 5.92 Å². The minimum Gasteiger partial charge on any atom is -0.376 e. The van der Waals surface area contributed by atoms with Crippen molar-refractivity contribution >= 4 is 17.5 Å². The number of amides is 2. The molecule has 1 fully saturated rings. The minimum atomic E-state index is -0.140. The number of benzene rings is 1. The molecule has 1 aliphatic rings. The maximum Gasteiger partial charge on any atom is 0.251 e. The van der Waals surface area contributed by atoms with E-state index in [1.165, 1.54) is 0 Å². The van der Waals surface area contributed by atoms with Gasteiger partial charge in [0, 0.05) is 30.3 Å². The first-order valence-electron chi connectivity index (χ1n) is 8.44. The molecule has 5 nitrogen and oxygen atoms in total. The molecule has 2 N–H and O–H groups in total. The third-order valence-corrected chi connectivity index (χ3v) is 4.26. The Balaban J connectivity index is 1.92. The molecule has 1 atom stereocenters. The molecule has 1 heterocycles. The number of hydrogen-bond donors (Lipinski definition) is 2. The van der Waals surface area contributed by atoms with Crippen molar-refractivity contribution in [1.82, 2.24) is 5.32 Å². The van der Waals surface area contributed by atoms with Gasteiger partial charge in [0.05, 0.1) is 6.10 Å². The van der Waals surface area contributed by atoms with Gasteiger partial charge >= 0.3 is 0 Å². The third-order valence-electron chi connectivity index (χ3n) is 4.26. The Kier molecular flexibility index (Phi) is 6.59. The molecule has 0 saturated carbocycles.